The second-order valence-electron chi connectivity index (χ2n) is 5.95. The highest BCUT2D eigenvalue weighted by molar-refractivity contribution is 8.00. The Kier molecular flexibility index (Phi) is 6.36. The summed E-state index contributed by atoms with van der Waals surface area (Å²) in [6.45, 7) is 2.52. The second kappa shape index (κ2) is 8.92. The quantitative estimate of drug-likeness (QED) is 0.595. The average Bonchev–Trinajstić information content (AvgIpc) is 3.01. The fourth-order valence-electron chi connectivity index (χ4n) is 2.48. The van der Waals surface area contributed by atoms with Gasteiger partial charge >= 0.3 is 5.69 Å². The smallest absolute Gasteiger partial charge is 0.344 e. The van der Waals surface area contributed by atoms with Crippen molar-refractivity contribution in [1.29, 1.82) is 0 Å². The number of aromatic amines is 1. The van der Waals surface area contributed by atoms with E-state index in [9.17, 15) is 9.59 Å². The number of amides is 1. The van der Waals surface area contributed by atoms with Crippen LogP contribution in [0, 0.1) is 0 Å². The van der Waals surface area contributed by atoms with Crippen molar-refractivity contribution in [3.8, 4) is 0 Å². The van der Waals surface area contributed by atoms with E-state index in [0.29, 0.717) is 23.3 Å². The minimum Gasteiger partial charge on any atom is -0.351 e. The van der Waals surface area contributed by atoms with Crippen LogP contribution in [0.5, 0.6) is 0 Å². The molecule has 1 heterocycles. The summed E-state index contributed by atoms with van der Waals surface area (Å²) < 4.78 is 1.53. The summed E-state index contributed by atoms with van der Waals surface area (Å²) in [5.74, 6) is -0.151. The van der Waals surface area contributed by atoms with Crippen LogP contribution in [-0.2, 0) is 17.9 Å². The topological polar surface area (TPSA) is 79.8 Å². The highest BCUT2D eigenvalue weighted by Crippen LogP contribution is 2.21. The van der Waals surface area contributed by atoms with E-state index >= 15 is 0 Å². The molecule has 0 saturated carbocycles. The minimum atomic E-state index is -0.419. The molecule has 0 spiro atoms. The lowest BCUT2D eigenvalue weighted by Gasteiger charge is -2.13. The van der Waals surface area contributed by atoms with Crippen molar-refractivity contribution in [2.75, 3.05) is 0 Å². The molecule has 1 unspecified atom stereocenters. The number of nitrogens with zero attached hydrogens (tertiary/aromatic N) is 2. The molecule has 140 valence electrons. The Labute approximate surface area is 165 Å². The molecule has 3 aromatic rings. The average molecular weight is 403 g/mol. The third-order valence-electron chi connectivity index (χ3n) is 3.97. The fraction of sp³-hybridized carbons (Fsp3) is 0.211. The van der Waals surface area contributed by atoms with Gasteiger partial charge in [0.25, 0.3) is 0 Å². The molecule has 0 aliphatic carbocycles. The zero-order valence-electron chi connectivity index (χ0n) is 14.7. The van der Waals surface area contributed by atoms with E-state index in [1.54, 1.807) is 13.0 Å². The number of hydrogen-bond donors (Lipinski definition) is 2. The molecule has 27 heavy (non-hydrogen) atoms. The monoisotopic (exact) mass is 402 g/mol. The molecule has 3 rings (SSSR count). The first kappa shape index (κ1) is 19.3. The van der Waals surface area contributed by atoms with Crippen molar-refractivity contribution in [2.45, 2.75) is 30.4 Å². The van der Waals surface area contributed by atoms with Gasteiger partial charge in [-0.15, -0.1) is 5.10 Å². The Balaban J connectivity index is 1.64. The number of hydrogen-bond acceptors (Lipinski definition) is 4. The van der Waals surface area contributed by atoms with Crippen molar-refractivity contribution >= 4 is 29.3 Å². The number of carbonyl (C=O) groups is 1. The molecule has 1 amide bonds. The van der Waals surface area contributed by atoms with Gasteiger partial charge in [-0.05, 0) is 24.1 Å². The summed E-state index contributed by atoms with van der Waals surface area (Å²) in [6.07, 6.45) is 0. The molecule has 1 atom stereocenters. The van der Waals surface area contributed by atoms with E-state index in [-0.39, 0.29) is 11.6 Å². The Morgan fingerprint density at radius 3 is 2.67 bits per heavy atom. The van der Waals surface area contributed by atoms with E-state index in [1.807, 2.05) is 48.5 Å². The van der Waals surface area contributed by atoms with Crippen LogP contribution in [0.2, 0.25) is 5.02 Å². The highest BCUT2D eigenvalue weighted by Gasteiger charge is 2.19. The van der Waals surface area contributed by atoms with Crippen molar-refractivity contribution in [3.05, 3.63) is 81.2 Å². The Morgan fingerprint density at radius 1 is 1.22 bits per heavy atom. The van der Waals surface area contributed by atoms with Crippen LogP contribution in [0.1, 0.15) is 18.1 Å². The molecular formula is C19H19ClN4O2S. The third kappa shape index (κ3) is 5.02. The first-order valence-corrected chi connectivity index (χ1v) is 9.67. The summed E-state index contributed by atoms with van der Waals surface area (Å²) in [4.78, 5) is 24.5. The number of rotatable bonds is 7. The number of benzene rings is 2. The van der Waals surface area contributed by atoms with Gasteiger partial charge in [-0.1, -0.05) is 71.9 Å². The van der Waals surface area contributed by atoms with Gasteiger partial charge in [-0.25, -0.2) is 9.89 Å². The van der Waals surface area contributed by atoms with Gasteiger partial charge in [0.05, 0.1) is 11.8 Å². The zero-order chi connectivity index (χ0) is 19.2. The normalized spacial score (nSPS) is 11.9. The summed E-state index contributed by atoms with van der Waals surface area (Å²) in [5.41, 5.74) is 1.54. The number of aromatic nitrogens is 3. The van der Waals surface area contributed by atoms with Gasteiger partial charge < -0.3 is 5.32 Å². The first-order valence-electron chi connectivity index (χ1n) is 8.41. The van der Waals surface area contributed by atoms with Gasteiger partial charge in [0.1, 0.15) is 0 Å². The largest absolute Gasteiger partial charge is 0.351 e. The van der Waals surface area contributed by atoms with Gasteiger partial charge in [-0.2, -0.15) is 0 Å². The summed E-state index contributed by atoms with van der Waals surface area (Å²) in [5, 5.41) is 10.0. The molecule has 8 heteroatoms. The fourth-order valence-corrected chi connectivity index (χ4v) is 3.56. The van der Waals surface area contributed by atoms with E-state index in [2.05, 4.69) is 15.5 Å². The maximum atomic E-state index is 12.4. The number of nitrogens with one attached hydrogen (secondary N) is 2. The zero-order valence-corrected chi connectivity index (χ0v) is 16.3. The third-order valence-corrected chi connectivity index (χ3v) is 5.43. The van der Waals surface area contributed by atoms with E-state index in [4.69, 9.17) is 11.6 Å². The molecular weight excluding hydrogens is 384 g/mol. The van der Waals surface area contributed by atoms with Crippen LogP contribution in [0.3, 0.4) is 0 Å². The van der Waals surface area contributed by atoms with Crippen LogP contribution in [0.4, 0.5) is 0 Å². The van der Waals surface area contributed by atoms with Gasteiger partial charge in [0.15, 0.2) is 5.16 Å². The van der Waals surface area contributed by atoms with Crippen LogP contribution < -0.4 is 11.0 Å². The SMILES string of the molecule is CC(Sc1n[nH]c(=O)n1Cc1ccccc1)C(=O)NCc1ccccc1Cl. The number of carbonyl (C=O) groups excluding carboxylic acids is 1. The molecule has 0 radical (unpaired) electrons. The highest BCUT2D eigenvalue weighted by atomic mass is 35.5. The summed E-state index contributed by atoms with van der Waals surface area (Å²) >= 11 is 7.34. The van der Waals surface area contributed by atoms with Crippen LogP contribution >= 0.6 is 23.4 Å². The number of halogens is 1. The Hall–Kier alpha value is -2.51. The van der Waals surface area contributed by atoms with E-state index < -0.39 is 5.25 Å². The molecule has 0 aliphatic rings. The number of thioether (sulfide) groups is 1. The first-order chi connectivity index (χ1) is 13.0. The Bertz CT molecular complexity index is 971. The van der Waals surface area contributed by atoms with Crippen LogP contribution in [0.15, 0.2) is 64.5 Å². The van der Waals surface area contributed by atoms with Crippen LogP contribution in [0.25, 0.3) is 0 Å². The summed E-state index contributed by atoms with van der Waals surface area (Å²) in [7, 11) is 0. The molecule has 2 N–H and O–H groups in total. The van der Waals surface area contributed by atoms with E-state index in [0.717, 1.165) is 11.1 Å². The lowest BCUT2D eigenvalue weighted by molar-refractivity contribution is -0.120. The lowest BCUT2D eigenvalue weighted by atomic mass is 10.2. The molecule has 1 aromatic heterocycles. The molecule has 2 aromatic carbocycles. The summed E-state index contributed by atoms with van der Waals surface area (Å²) in [6, 6.07) is 17.0. The standard InChI is InChI=1S/C19H19ClN4O2S/c1-13(17(25)21-11-15-9-5-6-10-16(15)20)27-19-23-22-18(26)24(19)12-14-7-3-2-4-8-14/h2-10,13H,11-12H2,1H3,(H,21,25)(H,22,26). The molecule has 0 fully saturated rings. The second-order valence-corrected chi connectivity index (χ2v) is 7.67. The number of H-pyrrole nitrogens is 1. The molecule has 0 saturated heterocycles. The minimum absolute atomic E-state index is 0.151. The van der Waals surface area contributed by atoms with Gasteiger partial charge in [-0.3, -0.25) is 9.36 Å². The van der Waals surface area contributed by atoms with Gasteiger partial charge in [0, 0.05) is 11.6 Å². The maximum Gasteiger partial charge on any atom is 0.344 e. The predicted molar refractivity (Wildman–Crippen MR) is 107 cm³/mol. The van der Waals surface area contributed by atoms with Crippen LogP contribution in [-0.4, -0.2) is 25.9 Å². The molecule has 0 aliphatic heterocycles. The lowest BCUT2D eigenvalue weighted by Crippen LogP contribution is -2.31. The maximum absolute atomic E-state index is 12.4. The van der Waals surface area contributed by atoms with Crippen molar-refractivity contribution in [3.63, 3.8) is 0 Å². The van der Waals surface area contributed by atoms with Crippen molar-refractivity contribution < 1.29 is 4.79 Å². The molecule has 6 nitrogen and oxygen atoms in total. The predicted octanol–water partition coefficient (Wildman–Crippen LogP) is 3.07. The van der Waals surface area contributed by atoms with Gasteiger partial charge in [0.2, 0.25) is 5.91 Å². The molecule has 0 bridgehead atoms. The van der Waals surface area contributed by atoms with Crippen molar-refractivity contribution in [2.24, 2.45) is 0 Å². The Morgan fingerprint density at radius 2 is 1.93 bits per heavy atom. The van der Waals surface area contributed by atoms with Crippen molar-refractivity contribution in [1.82, 2.24) is 20.1 Å². The van der Waals surface area contributed by atoms with E-state index in [1.165, 1.54) is 16.3 Å².